The summed E-state index contributed by atoms with van der Waals surface area (Å²) in [6, 6.07) is 0. The quantitative estimate of drug-likeness (QED) is 0.627. The van der Waals surface area contributed by atoms with Crippen LogP contribution >= 0.6 is 0 Å². The van der Waals surface area contributed by atoms with Crippen LogP contribution in [0, 0.1) is 11.8 Å². The third kappa shape index (κ3) is 5.84. The van der Waals surface area contributed by atoms with Crippen molar-refractivity contribution in [2.75, 3.05) is 0 Å². The second kappa shape index (κ2) is 6.09. The topological polar surface area (TPSA) is 35.0 Å². The van der Waals surface area contributed by atoms with E-state index in [1.54, 1.807) is 0 Å². The van der Waals surface area contributed by atoms with Crippen molar-refractivity contribution in [2.45, 2.75) is 40.5 Å². The van der Waals surface area contributed by atoms with E-state index in [1.165, 1.54) is 12.8 Å². The van der Waals surface area contributed by atoms with Crippen molar-refractivity contribution >= 4 is 0 Å². The van der Waals surface area contributed by atoms with Crippen molar-refractivity contribution in [1.82, 2.24) is 6.15 Å². The van der Waals surface area contributed by atoms with Crippen LogP contribution in [0.2, 0.25) is 0 Å². The lowest BCUT2D eigenvalue weighted by Crippen LogP contribution is -2.02. The lowest BCUT2D eigenvalue weighted by Gasteiger charge is -2.12. The van der Waals surface area contributed by atoms with E-state index in [-0.39, 0.29) is 6.15 Å². The molecule has 0 heterocycles. The molecule has 0 bridgehead atoms. The summed E-state index contributed by atoms with van der Waals surface area (Å²) < 4.78 is 0. The Morgan fingerprint density at radius 2 is 1.56 bits per heavy atom. The monoisotopic (exact) mass is 131 g/mol. The van der Waals surface area contributed by atoms with Gasteiger partial charge in [0, 0.05) is 0 Å². The van der Waals surface area contributed by atoms with Crippen molar-refractivity contribution in [3.05, 3.63) is 0 Å². The van der Waals surface area contributed by atoms with Crippen LogP contribution in [0.15, 0.2) is 0 Å². The Balaban J connectivity index is 0. The summed E-state index contributed by atoms with van der Waals surface area (Å²) in [5, 5.41) is 0. The van der Waals surface area contributed by atoms with Crippen molar-refractivity contribution in [3.8, 4) is 0 Å². The van der Waals surface area contributed by atoms with Crippen molar-refractivity contribution in [3.63, 3.8) is 0 Å². The standard InChI is InChI=1S/C8H18.H3N/c1-5-6-8(4)7(2)3;/h7-8H,5-6H2,1-4H3;1H3. The zero-order valence-corrected chi connectivity index (χ0v) is 7.28. The van der Waals surface area contributed by atoms with Gasteiger partial charge in [-0.3, -0.25) is 0 Å². The van der Waals surface area contributed by atoms with E-state index in [0.29, 0.717) is 0 Å². The number of hydrogen-bond acceptors (Lipinski definition) is 1. The van der Waals surface area contributed by atoms with Crippen molar-refractivity contribution in [2.24, 2.45) is 11.8 Å². The van der Waals surface area contributed by atoms with E-state index in [9.17, 15) is 0 Å². The Kier molecular flexibility index (Phi) is 7.92. The molecule has 0 saturated heterocycles. The van der Waals surface area contributed by atoms with Crippen LogP contribution in [0.3, 0.4) is 0 Å². The molecular weight excluding hydrogens is 110 g/mol. The van der Waals surface area contributed by atoms with Crippen LogP contribution in [-0.2, 0) is 0 Å². The fraction of sp³-hybridized carbons (Fsp3) is 1.00. The molecule has 1 heteroatoms. The Morgan fingerprint density at radius 3 is 1.67 bits per heavy atom. The average molecular weight is 131 g/mol. The normalized spacial score (nSPS) is 13.0. The second-order valence-corrected chi connectivity index (χ2v) is 3.01. The molecule has 0 aromatic rings. The smallest absolute Gasteiger partial charge is 0.0420 e. The first-order valence-electron chi connectivity index (χ1n) is 3.68. The lowest BCUT2D eigenvalue weighted by molar-refractivity contribution is 0.389. The lowest BCUT2D eigenvalue weighted by atomic mass is 9.94. The molecule has 0 saturated carbocycles. The van der Waals surface area contributed by atoms with Gasteiger partial charge in [0.2, 0.25) is 0 Å². The zero-order valence-electron chi connectivity index (χ0n) is 7.28. The van der Waals surface area contributed by atoms with Gasteiger partial charge in [0.05, 0.1) is 0 Å². The molecule has 0 aliphatic heterocycles. The van der Waals surface area contributed by atoms with Gasteiger partial charge < -0.3 is 6.15 Å². The Morgan fingerprint density at radius 1 is 1.11 bits per heavy atom. The fourth-order valence-electron chi connectivity index (χ4n) is 0.789. The minimum atomic E-state index is 0. The van der Waals surface area contributed by atoms with Gasteiger partial charge >= 0.3 is 0 Å². The van der Waals surface area contributed by atoms with Crippen molar-refractivity contribution in [1.29, 1.82) is 0 Å². The van der Waals surface area contributed by atoms with Gasteiger partial charge in [-0.05, 0) is 11.8 Å². The summed E-state index contributed by atoms with van der Waals surface area (Å²) in [5.41, 5.74) is 0. The third-order valence-electron chi connectivity index (χ3n) is 1.88. The largest absolute Gasteiger partial charge is 0.344 e. The summed E-state index contributed by atoms with van der Waals surface area (Å²) in [5.74, 6) is 1.79. The van der Waals surface area contributed by atoms with Gasteiger partial charge in [-0.2, -0.15) is 0 Å². The van der Waals surface area contributed by atoms with E-state index in [4.69, 9.17) is 0 Å². The van der Waals surface area contributed by atoms with E-state index in [2.05, 4.69) is 27.7 Å². The highest BCUT2D eigenvalue weighted by molar-refractivity contribution is 4.54. The zero-order chi connectivity index (χ0) is 6.57. The molecule has 0 aliphatic carbocycles. The van der Waals surface area contributed by atoms with Crippen LogP contribution in [-0.4, -0.2) is 0 Å². The van der Waals surface area contributed by atoms with Crippen LogP contribution in [0.25, 0.3) is 0 Å². The van der Waals surface area contributed by atoms with E-state index < -0.39 is 0 Å². The highest BCUT2D eigenvalue weighted by Gasteiger charge is 2.03. The molecule has 9 heavy (non-hydrogen) atoms. The first-order chi connectivity index (χ1) is 3.68. The van der Waals surface area contributed by atoms with Crippen LogP contribution in [0.1, 0.15) is 40.5 Å². The maximum Gasteiger partial charge on any atom is -0.0420 e. The highest BCUT2D eigenvalue weighted by atomic mass is 14.1. The Bertz CT molecular complexity index is 50.5. The average Bonchev–Trinajstić information content (AvgIpc) is 1.67. The van der Waals surface area contributed by atoms with Gasteiger partial charge in [0.1, 0.15) is 0 Å². The molecule has 0 radical (unpaired) electrons. The molecule has 58 valence electrons. The molecule has 1 unspecified atom stereocenters. The van der Waals surface area contributed by atoms with Gasteiger partial charge in [0.25, 0.3) is 0 Å². The molecular formula is C8H21N. The van der Waals surface area contributed by atoms with Crippen LogP contribution < -0.4 is 6.15 Å². The summed E-state index contributed by atoms with van der Waals surface area (Å²) in [7, 11) is 0. The Hall–Kier alpha value is -0.0400. The molecule has 0 amide bonds. The molecule has 0 aromatic carbocycles. The molecule has 0 aromatic heterocycles. The van der Waals surface area contributed by atoms with Gasteiger partial charge in [0.15, 0.2) is 0 Å². The van der Waals surface area contributed by atoms with E-state index in [0.717, 1.165) is 11.8 Å². The third-order valence-corrected chi connectivity index (χ3v) is 1.88. The van der Waals surface area contributed by atoms with E-state index >= 15 is 0 Å². The minimum Gasteiger partial charge on any atom is -0.344 e. The second-order valence-electron chi connectivity index (χ2n) is 3.01. The summed E-state index contributed by atoms with van der Waals surface area (Å²) in [4.78, 5) is 0. The minimum absolute atomic E-state index is 0. The molecule has 0 rings (SSSR count). The molecule has 0 aliphatic rings. The molecule has 1 atom stereocenters. The summed E-state index contributed by atoms with van der Waals surface area (Å²) >= 11 is 0. The van der Waals surface area contributed by atoms with Gasteiger partial charge in [-0.25, -0.2) is 0 Å². The van der Waals surface area contributed by atoms with Crippen LogP contribution in [0.5, 0.6) is 0 Å². The fourth-order valence-corrected chi connectivity index (χ4v) is 0.789. The van der Waals surface area contributed by atoms with E-state index in [1.807, 2.05) is 0 Å². The predicted octanol–water partition coefficient (Wildman–Crippen LogP) is 3.24. The predicted molar refractivity (Wildman–Crippen MR) is 43.9 cm³/mol. The van der Waals surface area contributed by atoms with Crippen molar-refractivity contribution < 1.29 is 0 Å². The molecule has 1 nitrogen and oxygen atoms in total. The number of rotatable bonds is 3. The summed E-state index contributed by atoms with van der Waals surface area (Å²) in [6.07, 6.45) is 2.72. The highest BCUT2D eigenvalue weighted by Crippen LogP contribution is 2.14. The van der Waals surface area contributed by atoms with Gasteiger partial charge in [-0.1, -0.05) is 40.5 Å². The maximum absolute atomic E-state index is 2.33. The summed E-state index contributed by atoms with van der Waals surface area (Å²) in [6.45, 7) is 9.16. The maximum atomic E-state index is 2.33. The Labute approximate surface area is 59.4 Å². The first kappa shape index (κ1) is 11.7. The number of hydrogen-bond donors (Lipinski definition) is 1. The molecule has 3 N–H and O–H groups in total. The van der Waals surface area contributed by atoms with Crippen LogP contribution in [0.4, 0.5) is 0 Å². The SMILES string of the molecule is CCCC(C)C(C)C.N. The first-order valence-corrected chi connectivity index (χ1v) is 3.68. The molecule has 0 spiro atoms. The van der Waals surface area contributed by atoms with Gasteiger partial charge in [-0.15, -0.1) is 0 Å². The molecule has 0 fully saturated rings.